The number of nitrogens with zero attached hydrogens (tertiary/aromatic N) is 3. The number of nitrogens with one attached hydrogen (secondary N) is 2. The Morgan fingerprint density at radius 1 is 1.20 bits per heavy atom. The molecule has 0 unspecified atom stereocenters. The molecule has 0 radical (unpaired) electrons. The highest BCUT2D eigenvalue weighted by atomic mass is 35.5. The number of benzene rings is 2. The van der Waals surface area contributed by atoms with Gasteiger partial charge in [-0.25, -0.2) is 14.2 Å². The van der Waals surface area contributed by atoms with E-state index in [9.17, 15) is 9.90 Å². The molecule has 0 fully saturated rings. The molecule has 12 heteroatoms. The van der Waals surface area contributed by atoms with Gasteiger partial charge in [-0.3, -0.25) is 4.57 Å². The van der Waals surface area contributed by atoms with Crippen molar-refractivity contribution in [3.8, 4) is 16.9 Å². The molecule has 10 nitrogen and oxygen atoms in total. The van der Waals surface area contributed by atoms with Crippen molar-refractivity contribution in [2.24, 2.45) is 22.2 Å². The van der Waals surface area contributed by atoms with Crippen LogP contribution < -0.4 is 28.2 Å². The Morgan fingerprint density at radius 2 is 1.95 bits per heavy atom. The maximum absolute atomic E-state index is 15.0. The smallest absolute Gasteiger partial charge is 0.354 e. The molecule has 4 rings (SSSR count). The lowest BCUT2D eigenvalue weighted by atomic mass is 10.0. The van der Waals surface area contributed by atoms with Gasteiger partial charge in [0.05, 0.1) is 29.1 Å². The minimum Gasteiger partial charge on any atom is -0.394 e. The first-order valence-corrected chi connectivity index (χ1v) is 13.9. The zero-order valence-electron chi connectivity index (χ0n) is 22.9. The molecule has 2 atom stereocenters. The van der Waals surface area contributed by atoms with Crippen LogP contribution in [0.15, 0.2) is 58.4 Å². The fourth-order valence-corrected chi connectivity index (χ4v) is 4.86. The molecule has 4 aromatic rings. The molecule has 0 saturated heterocycles. The van der Waals surface area contributed by atoms with Gasteiger partial charge in [-0.15, -0.1) is 0 Å². The van der Waals surface area contributed by atoms with E-state index in [2.05, 4.69) is 20.3 Å². The Balaban J connectivity index is 1.49. The third-order valence-electron chi connectivity index (χ3n) is 6.75. The minimum absolute atomic E-state index is 0.0426. The molecule has 0 bridgehead atoms. The molecule has 9 N–H and O–H groups in total. The number of aliphatic imine (C=N–C) groups is 1. The number of H-pyrrole nitrogens is 1. The maximum atomic E-state index is 15.0. The van der Waals surface area contributed by atoms with Gasteiger partial charge in [0, 0.05) is 29.7 Å². The van der Waals surface area contributed by atoms with Crippen molar-refractivity contribution in [1.29, 1.82) is 0 Å². The summed E-state index contributed by atoms with van der Waals surface area (Å²) in [7, 11) is 0. The van der Waals surface area contributed by atoms with E-state index in [0.717, 1.165) is 30.4 Å². The van der Waals surface area contributed by atoms with Crippen LogP contribution in [-0.4, -0.2) is 50.8 Å². The van der Waals surface area contributed by atoms with Gasteiger partial charge >= 0.3 is 5.69 Å². The van der Waals surface area contributed by atoms with Gasteiger partial charge in [-0.2, -0.15) is 4.98 Å². The number of hydrogen-bond acceptors (Lipinski definition) is 6. The van der Waals surface area contributed by atoms with Crippen molar-refractivity contribution in [3.05, 3.63) is 81.1 Å². The zero-order valence-corrected chi connectivity index (χ0v) is 23.7. The number of nitrogens with two attached hydrogens (primary N) is 3. The van der Waals surface area contributed by atoms with Crippen LogP contribution in [-0.2, 0) is 13.0 Å². The lowest BCUT2D eigenvalue weighted by Gasteiger charge is -2.11. The van der Waals surface area contributed by atoms with Crippen LogP contribution in [0.3, 0.4) is 0 Å². The number of aliphatic hydroxyl groups is 1. The van der Waals surface area contributed by atoms with E-state index in [0.29, 0.717) is 47.5 Å². The summed E-state index contributed by atoms with van der Waals surface area (Å²) in [6.45, 7) is 3.03. The number of aromatic amines is 1. The molecule has 2 aromatic carbocycles. The first-order chi connectivity index (χ1) is 19.6. The minimum atomic E-state index is -0.531. The van der Waals surface area contributed by atoms with Gasteiger partial charge in [-0.1, -0.05) is 23.7 Å². The first kappa shape index (κ1) is 30.2. The molecule has 41 heavy (non-hydrogen) atoms. The summed E-state index contributed by atoms with van der Waals surface area (Å²) in [5.74, 6) is -0.579. The van der Waals surface area contributed by atoms with E-state index in [-0.39, 0.29) is 29.7 Å². The van der Waals surface area contributed by atoms with Crippen molar-refractivity contribution in [3.63, 3.8) is 0 Å². The predicted molar refractivity (Wildman–Crippen MR) is 162 cm³/mol. The molecule has 0 spiro atoms. The van der Waals surface area contributed by atoms with Crippen LogP contribution in [0.5, 0.6) is 0 Å². The van der Waals surface area contributed by atoms with Crippen LogP contribution in [0.25, 0.3) is 28.0 Å². The van der Waals surface area contributed by atoms with Crippen molar-refractivity contribution >= 4 is 28.6 Å². The Morgan fingerprint density at radius 3 is 2.63 bits per heavy atom. The van der Waals surface area contributed by atoms with Crippen molar-refractivity contribution in [1.82, 2.24) is 19.9 Å². The van der Waals surface area contributed by atoms with Gasteiger partial charge in [0.15, 0.2) is 11.8 Å². The fraction of sp³-hybridized carbons (Fsp3) is 0.345. The molecule has 0 aliphatic rings. The van der Waals surface area contributed by atoms with Gasteiger partial charge in [0.25, 0.3) is 0 Å². The molecule has 0 aliphatic carbocycles. The normalized spacial score (nSPS) is 12.9. The quantitative estimate of drug-likeness (QED) is 0.0798. The first-order valence-electron chi connectivity index (χ1n) is 13.5. The SMILES string of the molecule is C[C@H](N)CCCc1cc(Cl)c(F)c(-c2cc3cn(-c4ccc(CNCC[C@H](CO)N=C(N)N)cc4)c(=O)nc3[nH]2)c1. The number of hydrogen-bond donors (Lipinski definition) is 6. The van der Waals surface area contributed by atoms with Crippen LogP contribution in [0.2, 0.25) is 5.02 Å². The summed E-state index contributed by atoms with van der Waals surface area (Å²) < 4.78 is 16.5. The molecule has 218 valence electrons. The Kier molecular flexibility index (Phi) is 10.1. The number of rotatable bonds is 13. The molecular weight excluding hydrogens is 547 g/mol. The number of guanidine groups is 1. The van der Waals surface area contributed by atoms with E-state index in [1.807, 2.05) is 31.2 Å². The highest BCUT2D eigenvalue weighted by Gasteiger charge is 2.16. The molecule has 0 aliphatic heterocycles. The molecule has 2 aromatic heterocycles. The monoisotopic (exact) mass is 582 g/mol. The summed E-state index contributed by atoms with van der Waals surface area (Å²) in [6.07, 6.45) is 4.72. The second-order valence-corrected chi connectivity index (χ2v) is 10.6. The second-order valence-electron chi connectivity index (χ2n) is 10.2. The Hall–Kier alpha value is -3.77. The fourth-order valence-electron chi connectivity index (χ4n) is 4.62. The number of fused-ring (bicyclic) bond motifs is 1. The average molecular weight is 583 g/mol. The van der Waals surface area contributed by atoms with Gasteiger partial charge in [0.1, 0.15) is 5.65 Å². The lowest BCUT2D eigenvalue weighted by molar-refractivity contribution is 0.260. The maximum Gasteiger partial charge on any atom is 0.354 e. The van der Waals surface area contributed by atoms with Crippen LogP contribution in [0, 0.1) is 5.82 Å². The number of halogens is 2. The summed E-state index contributed by atoms with van der Waals surface area (Å²) in [4.78, 5) is 24.1. The molecule has 0 amide bonds. The van der Waals surface area contributed by atoms with Gasteiger partial charge in [0.2, 0.25) is 0 Å². The third kappa shape index (κ3) is 7.92. The summed E-state index contributed by atoms with van der Waals surface area (Å²) in [6, 6.07) is 12.4. The van der Waals surface area contributed by atoms with E-state index in [4.69, 9.17) is 28.8 Å². The summed E-state index contributed by atoms with van der Waals surface area (Å²) in [5.41, 5.74) is 19.9. The predicted octanol–water partition coefficient (Wildman–Crippen LogP) is 2.96. The van der Waals surface area contributed by atoms with Crippen molar-refractivity contribution in [2.75, 3.05) is 13.2 Å². The Labute approximate surface area is 242 Å². The van der Waals surface area contributed by atoms with Crippen LogP contribution >= 0.6 is 11.6 Å². The number of aliphatic hydroxyl groups excluding tert-OH is 1. The highest BCUT2D eigenvalue weighted by Crippen LogP contribution is 2.31. The van der Waals surface area contributed by atoms with Crippen molar-refractivity contribution < 1.29 is 9.50 Å². The highest BCUT2D eigenvalue weighted by molar-refractivity contribution is 6.31. The molecule has 0 saturated carbocycles. The van der Waals surface area contributed by atoms with E-state index < -0.39 is 11.5 Å². The lowest BCUT2D eigenvalue weighted by Crippen LogP contribution is -2.28. The average Bonchev–Trinajstić information content (AvgIpc) is 3.34. The van der Waals surface area contributed by atoms with Gasteiger partial charge in [-0.05, 0) is 80.6 Å². The summed E-state index contributed by atoms with van der Waals surface area (Å²) in [5, 5.41) is 13.3. The number of aryl methyl sites for hydroxylation is 1. The van der Waals surface area contributed by atoms with E-state index in [1.165, 1.54) is 4.57 Å². The number of aromatic nitrogens is 3. The summed E-state index contributed by atoms with van der Waals surface area (Å²) >= 11 is 6.22. The molecular formula is C29H36ClFN8O2. The van der Waals surface area contributed by atoms with Crippen LogP contribution in [0.4, 0.5) is 4.39 Å². The Bertz CT molecular complexity index is 1560. The zero-order chi connectivity index (χ0) is 29.5. The van der Waals surface area contributed by atoms with E-state index in [1.54, 1.807) is 24.4 Å². The standard InChI is InChI=1S/C29H36ClFN8O2/c1-17(32)3-2-4-19-11-23(26(31)24(30)12-19)25-13-20-15-39(29(41)38-27(20)37-25)22-7-5-18(6-8-22)14-35-10-9-21(16-40)36-28(33)34/h5-8,11-13,15,17,21,35,40H,2-4,9-10,14,16,32H2,1H3,(H4,33,34,36)(H,37,38,41)/t17-,21+/m0/s1. The largest absolute Gasteiger partial charge is 0.394 e. The topological polar surface area (TPSA) is 173 Å². The van der Waals surface area contributed by atoms with Gasteiger partial charge < -0.3 is 32.6 Å². The third-order valence-corrected chi connectivity index (χ3v) is 7.03. The second kappa shape index (κ2) is 13.7. The molecule has 2 heterocycles. The van der Waals surface area contributed by atoms with Crippen LogP contribution in [0.1, 0.15) is 37.3 Å². The van der Waals surface area contributed by atoms with E-state index >= 15 is 4.39 Å². The van der Waals surface area contributed by atoms with Crippen molar-refractivity contribution in [2.45, 2.75) is 51.2 Å².